The van der Waals surface area contributed by atoms with Crippen molar-refractivity contribution in [3.05, 3.63) is 113 Å². The van der Waals surface area contributed by atoms with Crippen molar-refractivity contribution < 1.29 is 58.9 Å². The minimum absolute atomic E-state index is 0. The monoisotopic (exact) mass is 434 g/mol. The number of rotatable bonds is 3. The predicted octanol–water partition coefficient (Wildman–Crippen LogP) is -3.56. The van der Waals surface area contributed by atoms with Gasteiger partial charge in [0.15, 0.2) is 0 Å². The summed E-state index contributed by atoms with van der Waals surface area (Å²) >= 11 is 0. The van der Waals surface area contributed by atoms with E-state index in [9.17, 15) is 0 Å². The van der Waals surface area contributed by atoms with Crippen LogP contribution in [0.3, 0.4) is 0 Å². The molecule has 26 heavy (non-hydrogen) atoms. The second kappa shape index (κ2) is 11.6. The van der Waals surface area contributed by atoms with Gasteiger partial charge in [-0.05, 0) is 11.1 Å². The van der Waals surface area contributed by atoms with Crippen molar-refractivity contribution in [2.24, 2.45) is 0 Å². The number of benzene rings is 3. The van der Waals surface area contributed by atoms with Gasteiger partial charge in [0, 0.05) is 5.92 Å². The molecule has 1 aliphatic carbocycles. The second-order valence-electron chi connectivity index (χ2n) is 5.72. The van der Waals surface area contributed by atoms with Gasteiger partial charge in [0.25, 0.3) is 0 Å². The third-order valence-electron chi connectivity index (χ3n) is 4.40. The Kier molecular flexibility index (Phi) is 11.2. The van der Waals surface area contributed by atoms with Crippen LogP contribution in [0.5, 0.6) is 0 Å². The molecule has 0 radical (unpaired) electrons. The van der Waals surface area contributed by atoms with Crippen molar-refractivity contribution in [1.82, 2.24) is 0 Å². The zero-order chi connectivity index (χ0) is 14.8. The fourth-order valence-corrected chi connectivity index (χ4v) is 3.37. The van der Waals surface area contributed by atoms with E-state index in [2.05, 4.69) is 97.1 Å². The Morgan fingerprint density at radius 3 is 1.62 bits per heavy atom. The van der Waals surface area contributed by atoms with Gasteiger partial charge in [-0.3, -0.25) is 6.08 Å². The summed E-state index contributed by atoms with van der Waals surface area (Å²) in [5.41, 5.74) is 5.36. The summed E-state index contributed by atoms with van der Waals surface area (Å²) in [5.74, 6) is 0.586. The molecular formula is C22H17Cl3Ti. The molecule has 0 aliphatic heterocycles. The van der Waals surface area contributed by atoms with Crippen LogP contribution >= 0.6 is 0 Å². The Morgan fingerprint density at radius 2 is 1.08 bits per heavy atom. The Labute approximate surface area is 189 Å². The Morgan fingerprint density at radius 1 is 0.615 bits per heavy atom. The quantitative estimate of drug-likeness (QED) is 0.295. The molecule has 4 rings (SSSR count). The van der Waals surface area contributed by atoms with Crippen molar-refractivity contribution in [1.29, 1.82) is 0 Å². The molecule has 130 valence electrons. The normalized spacial score (nSPS) is 13.5. The van der Waals surface area contributed by atoms with E-state index in [0.29, 0.717) is 5.92 Å². The van der Waals surface area contributed by atoms with Crippen LogP contribution in [0.2, 0.25) is 0 Å². The first-order valence-electron chi connectivity index (χ1n) is 7.71. The van der Waals surface area contributed by atoms with E-state index in [1.807, 2.05) is 0 Å². The van der Waals surface area contributed by atoms with Gasteiger partial charge >= 0.3 is 21.7 Å². The standard InChI is InChI=1S/C22H17.3ClH.Ti/c1-3-10-18(11-4-1)22(19-12-5-2-6-13-19)21-16-15-17-9-7-8-14-20(17)21;;;;/h1-15,21-22H;3*1H;/q-1;;;;+4/p-3. The maximum Gasteiger partial charge on any atom is 4.00 e. The van der Waals surface area contributed by atoms with Crippen LogP contribution in [0.1, 0.15) is 34.1 Å². The topological polar surface area (TPSA) is 0 Å². The Bertz CT molecular complexity index is 764. The third kappa shape index (κ3) is 5.03. The van der Waals surface area contributed by atoms with Gasteiger partial charge in [-0.15, -0.1) is 11.6 Å². The van der Waals surface area contributed by atoms with Gasteiger partial charge in [0.1, 0.15) is 0 Å². The first-order chi connectivity index (χ1) is 10.9. The fourth-order valence-electron chi connectivity index (χ4n) is 3.37. The molecule has 0 aromatic heterocycles. The van der Waals surface area contributed by atoms with Crippen molar-refractivity contribution in [2.75, 3.05) is 0 Å². The van der Waals surface area contributed by atoms with Crippen LogP contribution in [0.4, 0.5) is 0 Å². The Balaban J connectivity index is 0.00000156. The summed E-state index contributed by atoms with van der Waals surface area (Å²) in [6.07, 6.45) is 5.73. The number of fused-ring (bicyclic) bond motifs is 1. The first-order valence-corrected chi connectivity index (χ1v) is 7.71. The maximum absolute atomic E-state index is 3.59. The van der Waals surface area contributed by atoms with Crippen molar-refractivity contribution in [3.8, 4) is 0 Å². The zero-order valence-corrected chi connectivity index (χ0v) is 17.8. The molecule has 0 fully saturated rings. The van der Waals surface area contributed by atoms with E-state index in [1.165, 1.54) is 22.3 Å². The summed E-state index contributed by atoms with van der Waals surface area (Å²) in [7, 11) is 0. The minimum Gasteiger partial charge on any atom is -1.00 e. The summed E-state index contributed by atoms with van der Waals surface area (Å²) < 4.78 is 0. The number of hydrogen-bond donors (Lipinski definition) is 0. The molecule has 3 aromatic carbocycles. The van der Waals surface area contributed by atoms with Crippen LogP contribution in [-0.2, 0) is 21.7 Å². The SMILES string of the molecule is [C-]1=Cc2ccccc2C1C(c1ccccc1)c1ccccc1.[Cl-].[Cl-].[Cl-].[Ti+4]. The van der Waals surface area contributed by atoms with E-state index in [4.69, 9.17) is 0 Å². The second-order valence-corrected chi connectivity index (χ2v) is 5.72. The largest absolute Gasteiger partial charge is 4.00 e. The molecular weight excluding hydrogens is 418 g/mol. The third-order valence-corrected chi connectivity index (χ3v) is 4.40. The van der Waals surface area contributed by atoms with Gasteiger partial charge in [-0.1, -0.05) is 84.8 Å². The molecule has 1 aliphatic rings. The molecule has 0 N–H and O–H groups in total. The summed E-state index contributed by atoms with van der Waals surface area (Å²) in [5, 5.41) is 0. The summed E-state index contributed by atoms with van der Waals surface area (Å²) in [6.45, 7) is 0. The summed E-state index contributed by atoms with van der Waals surface area (Å²) in [6, 6.07) is 30.2. The summed E-state index contributed by atoms with van der Waals surface area (Å²) in [4.78, 5) is 0. The average molecular weight is 436 g/mol. The number of hydrogen-bond acceptors (Lipinski definition) is 0. The van der Waals surface area contributed by atoms with Crippen molar-refractivity contribution in [2.45, 2.75) is 11.8 Å². The molecule has 0 amide bonds. The zero-order valence-electron chi connectivity index (χ0n) is 13.9. The maximum atomic E-state index is 3.59. The molecule has 0 nitrogen and oxygen atoms in total. The van der Waals surface area contributed by atoms with Crippen LogP contribution in [0.15, 0.2) is 84.9 Å². The van der Waals surface area contributed by atoms with E-state index in [-0.39, 0.29) is 64.9 Å². The molecule has 1 unspecified atom stereocenters. The van der Waals surface area contributed by atoms with Crippen LogP contribution in [0.25, 0.3) is 6.08 Å². The Hall–Kier alpha value is -1.02. The first kappa shape index (κ1) is 25.0. The van der Waals surface area contributed by atoms with Gasteiger partial charge in [0.05, 0.1) is 0 Å². The van der Waals surface area contributed by atoms with Crippen molar-refractivity contribution >= 4 is 6.08 Å². The predicted molar refractivity (Wildman–Crippen MR) is 91.6 cm³/mol. The van der Waals surface area contributed by atoms with Gasteiger partial charge in [-0.25, -0.2) is 6.08 Å². The molecule has 3 aromatic rings. The average Bonchev–Trinajstić information content (AvgIpc) is 3.01. The molecule has 1 atom stereocenters. The van der Waals surface area contributed by atoms with Gasteiger partial charge in [-0.2, -0.15) is 5.56 Å². The molecule has 0 heterocycles. The van der Waals surface area contributed by atoms with Gasteiger partial charge in [0.2, 0.25) is 0 Å². The molecule has 0 spiro atoms. The van der Waals surface area contributed by atoms with E-state index in [0.717, 1.165) is 0 Å². The van der Waals surface area contributed by atoms with E-state index < -0.39 is 0 Å². The van der Waals surface area contributed by atoms with Crippen molar-refractivity contribution in [3.63, 3.8) is 0 Å². The van der Waals surface area contributed by atoms with Crippen LogP contribution < -0.4 is 37.2 Å². The van der Waals surface area contributed by atoms with E-state index in [1.54, 1.807) is 0 Å². The van der Waals surface area contributed by atoms with Gasteiger partial charge < -0.3 is 37.2 Å². The molecule has 0 saturated heterocycles. The number of halogens is 3. The fraction of sp³-hybridized carbons (Fsp3) is 0.0909. The smallest absolute Gasteiger partial charge is 1.00 e. The molecule has 4 heteroatoms. The molecule has 0 saturated carbocycles. The van der Waals surface area contributed by atoms with Crippen LogP contribution in [-0.4, -0.2) is 0 Å². The minimum atomic E-state index is 0. The van der Waals surface area contributed by atoms with E-state index >= 15 is 0 Å². The number of allylic oxidation sites excluding steroid dienone is 1. The van der Waals surface area contributed by atoms with Crippen LogP contribution in [0, 0.1) is 6.08 Å². The molecule has 0 bridgehead atoms.